The fourth-order valence-corrected chi connectivity index (χ4v) is 1.27. The number of allylic oxidation sites excluding steroid dienone is 4. The molecule has 0 radical (unpaired) electrons. The van der Waals surface area contributed by atoms with Crippen molar-refractivity contribution in [2.45, 2.75) is 18.9 Å². The Bertz CT molecular complexity index is 163. The van der Waals surface area contributed by atoms with Crippen molar-refractivity contribution in [1.82, 2.24) is 0 Å². The Morgan fingerprint density at radius 3 is 2.91 bits per heavy atom. The van der Waals surface area contributed by atoms with Gasteiger partial charge in [-0.2, -0.15) is 0 Å². The third-order valence-electron chi connectivity index (χ3n) is 1.91. The average molecular weight is 153 g/mol. The van der Waals surface area contributed by atoms with Gasteiger partial charge in [-0.1, -0.05) is 24.3 Å². The molecule has 2 nitrogen and oxygen atoms in total. The van der Waals surface area contributed by atoms with Gasteiger partial charge in [-0.05, 0) is 18.8 Å². The number of rotatable bonds is 3. The maximum atomic E-state index is 8.70. The highest BCUT2D eigenvalue weighted by Gasteiger charge is 2.09. The molecule has 0 bridgehead atoms. The summed E-state index contributed by atoms with van der Waals surface area (Å²) in [6.45, 7) is 0.0913. The minimum atomic E-state index is -0.0591. The van der Waals surface area contributed by atoms with Gasteiger partial charge < -0.3 is 10.8 Å². The first-order valence-electron chi connectivity index (χ1n) is 4.02. The molecule has 0 aliphatic heterocycles. The molecule has 0 aromatic carbocycles. The minimum absolute atomic E-state index is 0.0591. The normalized spacial score (nSPS) is 25.5. The Balaban J connectivity index is 2.27. The molecule has 0 aromatic rings. The van der Waals surface area contributed by atoms with Crippen LogP contribution in [-0.4, -0.2) is 17.8 Å². The van der Waals surface area contributed by atoms with Crippen LogP contribution in [0, 0.1) is 5.92 Å². The summed E-state index contributed by atoms with van der Waals surface area (Å²) in [5.74, 6) is 0.530. The van der Waals surface area contributed by atoms with Crippen LogP contribution in [-0.2, 0) is 0 Å². The van der Waals surface area contributed by atoms with Crippen molar-refractivity contribution in [3.8, 4) is 0 Å². The van der Waals surface area contributed by atoms with Gasteiger partial charge in [0, 0.05) is 6.04 Å². The molecule has 0 fully saturated rings. The van der Waals surface area contributed by atoms with Crippen LogP contribution in [0.15, 0.2) is 24.3 Å². The summed E-state index contributed by atoms with van der Waals surface area (Å²) >= 11 is 0. The van der Waals surface area contributed by atoms with Crippen LogP contribution in [0.5, 0.6) is 0 Å². The number of aliphatic hydroxyl groups excluding tert-OH is 1. The Morgan fingerprint density at radius 2 is 2.36 bits per heavy atom. The van der Waals surface area contributed by atoms with E-state index in [9.17, 15) is 0 Å². The van der Waals surface area contributed by atoms with Gasteiger partial charge in [0.1, 0.15) is 0 Å². The lowest BCUT2D eigenvalue weighted by Crippen LogP contribution is -2.26. The van der Waals surface area contributed by atoms with E-state index in [1.54, 1.807) is 0 Å². The molecular formula is C9H15NO. The number of nitrogens with two attached hydrogens (primary N) is 1. The molecule has 1 rings (SSSR count). The van der Waals surface area contributed by atoms with Crippen molar-refractivity contribution in [2.24, 2.45) is 11.7 Å². The standard InChI is InChI=1S/C9H15NO/c10-9(7-11)6-8-4-2-1-3-5-8/h1-4,8-9,11H,5-7,10H2/t8?,9-/m0/s1. The second-order valence-corrected chi connectivity index (χ2v) is 2.99. The van der Waals surface area contributed by atoms with Crippen LogP contribution < -0.4 is 5.73 Å². The lowest BCUT2D eigenvalue weighted by molar-refractivity contribution is 0.251. The largest absolute Gasteiger partial charge is 0.395 e. The van der Waals surface area contributed by atoms with E-state index < -0.39 is 0 Å². The van der Waals surface area contributed by atoms with Crippen LogP contribution in [0.1, 0.15) is 12.8 Å². The molecule has 11 heavy (non-hydrogen) atoms. The SMILES string of the molecule is N[C@H](CO)CC1C=CC=CC1. The summed E-state index contributed by atoms with van der Waals surface area (Å²) < 4.78 is 0. The number of hydrogen-bond donors (Lipinski definition) is 2. The molecule has 0 spiro atoms. The second-order valence-electron chi connectivity index (χ2n) is 2.99. The van der Waals surface area contributed by atoms with E-state index >= 15 is 0 Å². The second kappa shape index (κ2) is 4.31. The Hall–Kier alpha value is -0.600. The highest BCUT2D eigenvalue weighted by Crippen LogP contribution is 2.16. The van der Waals surface area contributed by atoms with Crippen molar-refractivity contribution >= 4 is 0 Å². The van der Waals surface area contributed by atoms with E-state index in [-0.39, 0.29) is 12.6 Å². The van der Waals surface area contributed by atoms with Crippen LogP contribution in [0.2, 0.25) is 0 Å². The molecule has 1 aliphatic rings. The first-order chi connectivity index (χ1) is 5.33. The van der Waals surface area contributed by atoms with Gasteiger partial charge in [-0.25, -0.2) is 0 Å². The van der Waals surface area contributed by atoms with Crippen molar-refractivity contribution in [2.75, 3.05) is 6.61 Å². The zero-order chi connectivity index (χ0) is 8.10. The molecule has 0 amide bonds. The summed E-state index contributed by atoms with van der Waals surface area (Å²) in [5, 5.41) is 8.70. The lowest BCUT2D eigenvalue weighted by Gasteiger charge is -2.16. The Kier molecular flexibility index (Phi) is 3.33. The maximum Gasteiger partial charge on any atom is 0.0582 e. The highest BCUT2D eigenvalue weighted by atomic mass is 16.3. The monoisotopic (exact) mass is 153 g/mol. The van der Waals surface area contributed by atoms with Crippen molar-refractivity contribution in [3.63, 3.8) is 0 Å². The van der Waals surface area contributed by atoms with Gasteiger partial charge >= 0.3 is 0 Å². The van der Waals surface area contributed by atoms with Crippen LogP contribution in [0.3, 0.4) is 0 Å². The Morgan fingerprint density at radius 1 is 1.55 bits per heavy atom. The van der Waals surface area contributed by atoms with Gasteiger partial charge in [-0.15, -0.1) is 0 Å². The van der Waals surface area contributed by atoms with Crippen molar-refractivity contribution in [1.29, 1.82) is 0 Å². The zero-order valence-corrected chi connectivity index (χ0v) is 6.61. The van der Waals surface area contributed by atoms with Gasteiger partial charge in [0.05, 0.1) is 6.61 Å². The summed E-state index contributed by atoms with van der Waals surface area (Å²) in [4.78, 5) is 0. The van der Waals surface area contributed by atoms with E-state index in [1.807, 2.05) is 12.2 Å². The van der Waals surface area contributed by atoms with Crippen LogP contribution >= 0.6 is 0 Å². The molecule has 1 unspecified atom stereocenters. The van der Waals surface area contributed by atoms with Gasteiger partial charge in [0.2, 0.25) is 0 Å². The third kappa shape index (κ3) is 2.87. The van der Waals surface area contributed by atoms with E-state index in [2.05, 4.69) is 12.2 Å². The third-order valence-corrected chi connectivity index (χ3v) is 1.91. The number of hydrogen-bond acceptors (Lipinski definition) is 2. The quantitative estimate of drug-likeness (QED) is 0.630. The Labute approximate surface area is 67.4 Å². The van der Waals surface area contributed by atoms with E-state index in [4.69, 9.17) is 10.8 Å². The summed E-state index contributed by atoms with van der Waals surface area (Å²) in [7, 11) is 0. The summed E-state index contributed by atoms with van der Waals surface area (Å²) in [5.41, 5.74) is 5.60. The van der Waals surface area contributed by atoms with Gasteiger partial charge in [0.15, 0.2) is 0 Å². The van der Waals surface area contributed by atoms with Crippen LogP contribution in [0.4, 0.5) is 0 Å². The highest BCUT2D eigenvalue weighted by molar-refractivity contribution is 5.10. The van der Waals surface area contributed by atoms with Crippen molar-refractivity contribution < 1.29 is 5.11 Å². The fourth-order valence-electron chi connectivity index (χ4n) is 1.27. The lowest BCUT2D eigenvalue weighted by atomic mass is 9.94. The first kappa shape index (κ1) is 8.50. The fraction of sp³-hybridized carbons (Fsp3) is 0.556. The van der Waals surface area contributed by atoms with E-state index in [0.29, 0.717) is 5.92 Å². The molecule has 0 aromatic heterocycles. The summed E-state index contributed by atoms with van der Waals surface area (Å²) in [6.07, 6.45) is 10.3. The first-order valence-corrected chi connectivity index (χ1v) is 4.02. The van der Waals surface area contributed by atoms with E-state index in [0.717, 1.165) is 12.8 Å². The molecule has 2 heteroatoms. The molecular weight excluding hydrogens is 138 g/mol. The topological polar surface area (TPSA) is 46.2 Å². The smallest absolute Gasteiger partial charge is 0.0582 e. The predicted octanol–water partition coefficient (Wildman–Crippen LogP) is 0.828. The molecule has 1 aliphatic carbocycles. The molecule has 0 saturated carbocycles. The predicted molar refractivity (Wildman–Crippen MR) is 46.1 cm³/mol. The minimum Gasteiger partial charge on any atom is -0.395 e. The molecule has 3 N–H and O–H groups in total. The van der Waals surface area contributed by atoms with Gasteiger partial charge in [0.25, 0.3) is 0 Å². The average Bonchev–Trinajstić information content (AvgIpc) is 2.06. The zero-order valence-electron chi connectivity index (χ0n) is 6.61. The van der Waals surface area contributed by atoms with E-state index in [1.165, 1.54) is 0 Å². The molecule has 0 saturated heterocycles. The van der Waals surface area contributed by atoms with Gasteiger partial charge in [-0.3, -0.25) is 0 Å². The molecule has 0 heterocycles. The van der Waals surface area contributed by atoms with Crippen LogP contribution in [0.25, 0.3) is 0 Å². The number of aliphatic hydroxyl groups is 1. The summed E-state index contributed by atoms with van der Waals surface area (Å²) in [6, 6.07) is -0.0591. The van der Waals surface area contributed by atoms with Crippen molar-refractivity contribution in [3.05, 3.63) is 24.3 Å². The molecule has 62 valence electrons. The molecule has 2 atom stereocenters. The maximum absolute atomic E-state index is 8.70.